The second kappa shape index (κ2) is 6.42. The third-order valence-electron chi connectivity index (χ3n) is 3.14. The van der Waals surface area contributed by atoms with E-state index in [1.165, 1.54) is 31.0 Å². The van der Waals surface area contributed by atoms with E-state index < -0.39 is 0 Å². The largest absolute Gasteiger partial charge is 0.336 e. The first kappa shape index (κ1) is 12.9. The Bertz CT molecular complexity index is 339. The molecule has 1 unspecified atom stereocenters. The molecule has 0 aliphatic carbocycles. The summed E-state index contributed by atoms with van der Waals surface area (Å²) in [5.74, 6) is 1.25. The van der Waals surface area contributed by atoms with Crippen molar-refractivity contribution in [3.63, 3.8) is 0 Å². The predicted octanol–water partition coefficient (Wildman–Crippen LogP) is 1.17. The average Bonchev–Trinajstić information content (AvgIpc) is 2.77. The summed E-state index contributed by atoms with van der Waals surface area (Å²) in [7, 11) is 0. The van der Waals surface area contributed by atoms with Gasteiger partial charge < -0.3 is 10.3 Å². The Morgan fingerprint density at radius 2 is 2.47 bits per heavy atom. The van der Waals surface area contributed by atoms with Gasteiger partial charge in [0.25, 0.3) is 0 Å². The summed E-state index contributed by atoms with van der Waals surface area (Å²) < 4.78 is 2.07. The van der Waals surface area contributed by atoms with E-state index >= 15 is 0 Å². The number of hydrogen-bond donors (Lipinski definition) is 1. The smallest absolute Gasteiger partial charge is 0.0950 e. The van der Waals surface area contributed by atoms with E-state index in [4.69, 9.17) is 5.73 Å². The second-order valence-electron chi connectivity index (χ2n) is 4.53. The van der Waals surface area contributed by atoms with Gasteiger partial charge in [-0.2, -0.15) is 11.8 Å². The SMILES string of the molecule is CCC1CN(Cc2cn(CCN)cn2)CCS1. The minimum Gasteiger partial charge on any atom is -0.336 e. The molecule has 1 aliphatic heterocycles. The fourth-order valence-electron chi connectivity index (χ4n) is 2.16. The van der Waals surface area contributed by atoms with Crippen LogP contribution in [0.1, 0.15) is 19.0 Å². The van der Waals surface area contributed by atoms with Crippen LogP contribution >= 0.6 is 11.8 Å². The minimum absolute atomic E-state index is 0.675. The van der Waals surface area contributed by atoms with Crippen LogP contribution in [0.3, 0.4) is 0 Å². The molecule has 2 N–H and O–H groups in total. The molecule has 17 heavy (non-hydrogen) atoms. The summed E-state index contributed by atoms with van der Waals surface area (Å²) in [4.78, 5) is 6.95. The zero-order valence-corrected chi connectivity index (χ0v) is 11.3. The van der Waals surface area contributed by atoms with Crippen LogP contribution < -0.4 is 5.73 Å². The topological polar surface area (TPSA) is 47.1 Å². The zero-order valence-electron chi connectivity index (χ0n) is 10.5. The Balaban J connectivity index is 1.86. The van der Waals surface area contributed by atoms with Crippen molar-refractivity contribution >= 4 is 11.8 Å². The van der Waals surface area contributed by atoms with E-state index in [0.717, 1.165) is 18.3 Å². The molecular weight excluding hydrogens is 232 g/mol. The molecule has 0 radical (unpaired) electrons. The summed E-state index contributed by atoms with van der Waals surface area (Å²) in [6, 6.07) is 0. The van der Waals surface area contributed by atoms with Gasteiger partial charge in [-0.1, -0.05) is 6.92 Å². The molecule has 5 heteroatoms. The van der Waals surface area contributed by atoms with Gasteiger partial charge in [-0.05, 0) is 6.42 Å². The van der Waals surface area contributed by atoms with Crippen molar-refractivity contribution in [3.8, 4) is 0 Å². The molecule has 1 aliphatic rings. The first-order valence-electron chi connectivity index (χ1n) is 6.36. The van der Waals surface area contributed by atoms with Crippen molar-refractivity contribution in [2.45, 2.75) is 31.7 Å². The molecule has 0 aromatic carbocycles. The third-order valence-corrected chi connectivity index (χ3v) is 4.51. The second-order valence-corrected chi connectivity index (χ2v) is 5.94. The summed E-state index contributed by atoms with van der Waals surface area (Å²) >= 11 is 2.11. The number of rotatable bonds is 5. The van der Waals surface area contributed by atoms with Gasteiger partial charge in [0.15, 0.2) is 0 Å². The van der Waals surface area contributed by atoms with Crippen LogP contribution in [0, 0.1) is 0 Å². The van der Waals surface area contributed by atoms with Crippen LogP contribution in [0.4, 0.5) is 0 Å². The number of nitrogens with zero attached hydrogens (tertiary/aromatic N) is 3. The number of imidazole rings is 1. The molecule has 2 rings (SSSR count). The highest BCUT2D eigenvalue weighted by Crippen LogP contribution is 2.21. The molecule has 2 heterocycles. The zero-order chi connectivity index (χ0) is 12.1. The summed E-state index contributed by atoms with van der Waals surface area (Å²) in [6.07, 6.45) is 5.27. The molecular formula is C12H22N4S. The van der Waals surface area contributed by atoms with Gasteiger partial charge in [0.1, 0.15) is 0 Å². The Hall–Kier alpha value is -0.520. The lowest BCUT2D eigenvalue weighted by molar-refractivity contribution is 0.270. The van der Waals surface area contributed by atoms with E-state index in [-0.39, 0.29) is 0 Å². The van der Waals surface area contributed by atoms with Crippen molar-refractivity contribution < 1.29 is 0 Å². The first-order chi connectivity index (χ1) is 8.31. The van der Waals surface area contributed by atoms with Gasteiger partial charge in [0, 0.05) is 49.9 Å². The third kappa shape index (κ3) is 3.72. The summed E-state index contributed by atoms with van der Waals surface area (Å²) in [5.41, 5.74) is 6.70. The van der Waals surface area contributed by atoms with Crippen LogP contribution in [-0.2, 0) is 13.1 Å². The molecule has 0 saturated carbocycles. The van der Waals surface area contributed by atoms with E-state index in [1.807, 2.05) is 6.33 Å². The van der Waals surface area contributed by atoms with Gasteiger partial charge in [0.2, 0.25) is 0 Å². The lowest BCUT2D eigenvalue weighted by Gasteiger charge is -2.31. The van der Waals surface area contributed by atoms with Crippen molar-refractivity contribution in [1.82, 2.24) is 14.5 Å². The monoisotopic (exact) mass is 254 g/mol. The number of hydrogen-bond acceptors (Lipinski definition) is 4. The summed E-state index contributed by atoms with van der Waals surface area (Å²) in [5, 5.41) is 0.801. The Morgan fingerprint density at radius 3 is 3.24 bits per heavy atom. The Morgan fingerprint density at radius 1 is 1.59 bits per heavy atom. The highest BCUT2D eigenvalue weighted by atomic mass is 32.2. The van der Waals surface area contributed by atoms with Crippen LogP contribution in [0.25, 0.3) is 0 Å². The molecule has 1 aromatic heterocycles. The van der Waals surface area contributed by atoms with Crippen molar-refractivity contribution in [2.75, 3.05) is 25.4 Å². The minimum atomic E-state index is 0.675. The van der Waals surface area contributed by atoms with Crippen LogP contribution in [-0.4, -0.2) is 45.1 Å². The molecule has 96 valence electrons. The van der Waals surface area contributed by atoms with E-state index in [0.29, 0.717) is 6.54 Å². The van der Waals surface area contributed by atoms with Crippen LogP contribution in [0.5, 0.6) is 0 Å². The number of nitrogens with two attached hydrogens (primary N) is 1. The van der Waals surface area contributed by atoms with Gasteiger partial charge in [-0.3, -0.25) is 4.90 Å². The molecule has 1 atom stereocenters. The normalized spacial score (nSPS) is 21.9. The molecule has 0 amide bonds. The Labute approximate surface area is 108 Å². The average molecular weight is 254 g/mol. The van der Waals surface area contributed by atoms with Crippen LogP contribution in [0.15, 0.2) is 12.5 Å². The molecule has 4 nitrogen and oxygen atoms in total. The molecule has 0 bridgehead atoms. The molecule has 1 saturated heterocycles. The van der Waals surface area contributed by atoms with Crippen molar-refractivity contribution in [1.29, 1.82) is 0 Å². The van der Waals surface area contributed by atoms with E-state index in [9.17, 15) is 0 Å². The van der Waals surface area contributed by atoms with E-state index in [1.54, 1.807) is 0 Å². The fourth-order valence-corrected chi connectivity index (χ4v) is 3.41. The van der Waals surface area contributed by atoms with Gasteiger partial charge in [0.05, 0.1) is 12.0 Å². The van der Waals surface area contributed by atoms with Crippen LogP contribution in [0.2, 0.25) is 0 Å². The van der Waals surface area contributed by atoms with Crippen molar-refractivity contribution in [3.05, 3.63) is 18.2 Å². The van der Waals surface area contributed by atoms with E-state index in [2.05, 4.69) is 39.3 Å². The van der Waals surface area contributed by atoms with Gasteiger partial charge >= 0.3 is 0 Å². The number of thioether (sulfide) groups is 1. The maximum Gasteiger partial charge on any atom is 0.0950 e. The summed E-state index contributed by atoms with van der Waals surface area (Å²) in [6.45, 7) is 7.18. The first-order valence-corrected chi connectivity index (χ1v) is 7.41. The standard InChI is InChI=1S/C12H22N4S/c1-2-12-9-15(5-6-17-12)7-11-8-16(4-3-13)10-14-11/h8,10,12H,2-7,9,13H2,1H3. The van der Waals surface area contributed by atoms with Gasteiger partial charge in [-0.15, -0.1) is 0 Å². The maximum absolute atomic E-state index is 5.53. The highest BCUT2D eigenvalue weighted by molar-refractivity contribution is 8.00. The lowest BCUT2D eigenvalue weighted by atomic mass is 10.3. The molecule has 1 fully saturated rings. The Kier molecular flexibility index (Phi) is 4.88. The fraction of sp³-hybridized carbons (Fsp3) is 0.750. The lowest BCUT2D eigenvalue weighted by Crippen LogP contribution is -2.37. The predicted molar refractivity (Wildman–Crippen MR) is 73.1 cm³/mol. The highest BCUT2D eigenvalue weighted by Gasteiger charge is 2.19. The van der Waals surface area contributed by atoms with Crippen molar-refractivity contribution in [2.24, 2.45) is 5.73 Å². The van der Waals surface area contributed by atoms with Gasteiger partial charge in [-0.25, -0.2) is 4.98 Å². The maximum atomic E-state index is 5.53. The molecule has 1 aromatic rings. The molecule has 0 spiro atoms. The quantitative estimate of drug-likeness (QED) is 0.857. The number of aromatic nitrogens is 2.